The molecule has 0 radical (unpaired) electrons. The lowest BCUT2D eigenvalue weighted by atomic mass is 10.2. The average Bonchev–Trinajstić information content (AvgIpc) is 3.19. The number of benzene rings is 2. The Hall–Kier alpha value is -2.03. The Balaban J connectivity index is 1.58. The molecule has 0 atom stereocenters. The first kappa shape index (κ1) is 21.7. The maximum atomic E-state index is 12.2. The van der Waals surface area contributed by atoms with E-state index in [1.54, 1.807) is 12.1 Å². The minimum atomic E-state index is -0.206. The van der Waals surface area contributed by atoms with Gasteiger partial charge in [0.2, 0.25) is 11.8 Å². The van der Waals surface area contributed by atoms with Crippen molar-refractivity contribution in [2.45, 2.75) is 19.1 Å². The maximum Gasteiger partial charge on any atom is 0.277 e. The third-order valence-corrected chi connectivity index (χ3v) is 5.81. The highest BCUT2D eigenvalue weighted by atomic mass is 79.9. The van der Waals surface area contributed by atoms with Gasteiger partial charge in [-0.2, -0.15) is 0 Å². The molecule has 0 aliphatic heterocycles. The van der Waals surface area contributed by atoms with Crippen LogP contribution in [0.1, 0.15) is 13.8 Å². The van der Waals surface area contributed by atoms with Crippen molar-refractivity contribution < 1.29 is 9.21 Å². The Morgan fingerprint density at radius 1 is 1.17 bits per heavy atom. The van der Waals surface area contributed by atoms with Gasteiger partial charge in [-0.15, -0.1) is 10.2 Å². The Morgan fingerprint density at radius 2 is 1.90 bits per heavy atom. The van der Waals surface area contributed by atoms with Crippen molar-refractivity contribution in [2.75, 3.05) is 29.1 Å². The minimum Gasteiger partial charge on any atom is -0.411 e. The van der Waals surface area contributed by atoms with Crippen LogP contribution < -0.4 is 10.2 Å². The second-order valence-corrected chi connectivity index (χ2v) is 8.30. The molecule has 0 aliphatic carbocycles. The second-order valence-electron chi connectivity index (χ2n) is 6.05. The fourth-order valence-corrected chi connectivity index (χ4v) is 3.98. The van der Waals surface area contributed by atoms with Crippen molar-refractivity contribution in [3.63, 3.8) is 0 Å². The summed E-state index contributed by atoms with van der Waals surface area (Å²) in [6.07, 6.45) is 0. The normalized spacial score (nSPS) is 10.8. The van der Waals surface area contributed by atoms with Crippen molar-refractivity contribution in [2.24, 2.45) is 0 Å². The van der Waals surface area contributed by atoms with E-state index in [2.05, 4.69) is 50.2 Å². The fourth-order valence-electron chi connectivity index (χ4n) is 2.69. The second kappa shape index (κ2) is 10.1. The molecule has 0 fully saturated rings. The van der Waals surface area contributed by atoms with Gasteiger partial charge in [0.25, 0.3) is 5.22 Å². The molecule has 0 spiro atoms. The van der Waals surface area contributed by atoms with E-state index in [-0.39, 0.29) is 11.7 Å². The van der Waals surface area contributed by atoms with Crippen molar-refractivity contribution in [1.29, 1.82) is 0 Å². The SMILES string of the molecule is CCN(CC)c1ccc(-c2nnc(SCC(=O)Nc3ccc(Br)cc3Cl)o2)cc1. The van der Waals surface area contributed by atoms with E-state index in [4.69, 9.17) is 16.0 Å². The maximum absolute atomic E-state index is 12.2. The van der Waals surface area contributed by atoms with Crippen LogP contribution in [0.2, 0.25) is 5.02 Å². The Kier molecular flexibility index (Phi) is 7.57. The first-order chi connectivity index (χ1) is 14.0. The average molecular weight is 496 g/mol. The highest BCUT2D eigenvalue weighted by Crippen LogP contribution is 2.27. The zero-order valence-corrected chi connectivity index (χ0v) is 19.1. The van der Waals surface area contributed by atoms with Crippen LogP contribution in [0.3, 0.4) is 0 Å². The van der Waals surface area contributed by atoms with Gasteiger partial charge in [0.15, 0.2) is 0 Å². The highest BCUT2D eigenvalue weighted by Gasteiger charge is 2.13. The number of thioether (sulfide) groups is 1. The zero-order valence-electron chi connectivity index (χ0n) is 16.0. The van der Waals surface area contributed by atoms with Crippen molar-refractivity contribution in [1.82, 2.24) is 10.2 Å². The van der Waals surface area contributed by atoms with Gasteiger partial charge in [0, 0.05) is 28.8 Å². The number of halogens is 2. The molecule has 1 aromatic heterocycles. The first-order valence-electron chi connectivity index (χ1n) is 9.06. The summed E-state index contributed by atoms with van der Waals surface area (Å²) in [4.78, 5) is 14.4. The lowest BCUT2D eigenvalue weighted by molar-refractivity contribution is -0.113. The summed E-state index contributed by atoms with van der Waals surface area (Å²) >= 11 is 10.6. The third-order valence-electron chi connectivity index (χ3n) is 4.18. The topological polar surface area (TPSA) is 71.3 Å². The molecule has 3 aromatic rings. The summed E-state index contributed by atoms with van der Waals surface area (Å²) in [5.41, 5.74) is 2.54. The zero-order chi connectivity index (χ0) is 20.8. The van der Waals surface area contributed by atoms with Crippen LogP contribution in [0.25, 0.3) is 11.5 Å². The summed E-state index contributed by atoms with van der Waals surface area (Å²) in [5, 5.41) is 11.7. The predicted octanol–water partition coefficient (Wildman–Crippen LogP) is 5.73. The van der Waals surface area contributed by atoms with Crippen molar-refractivity contribution in [3.05, 3.63) is 52.0 Å². The van der Waals surface area contributed by atoms with E-state index in [1.807, 2.05) is 30.3 Å². The smallest absolute Gasteiger partial charge is 0.277 e. The van der Waals surface area contributed by atoms with Crippen LogP contribution in [0.5, 0.6) is 0 Å². The van der Waals surface area contributed by atoms with E-state index < -0.39 is 0 Å². The van der Waals surface area contributed by atoms with E-state index in [9.17, 15) is 4.79 Å². The van der Waals surface area contributed by atoms with Gasteiger partial charge in [-0.1, -0.05) is 39.3 Å². The first-order valence-corrected chi connectivity index (χ1v) is 11.2. The largest absolute Gasteiger partial charge is 0.411 e. The van der Waals surface area contributed by atoms with Gasteiger partial charge in [0.1, 0.15) is 0 Å². The van der Waals surface area contributed by atoms with Crippen molar-refractivity contribution in [3.8, 4) is 11.5 Å². The van der Waals surface area contributed by atoms with Crippen LogP contribution >= 0.6 is 39.3 Å². The standard InChI is InChI=1S/C20H20BrClN4O2S/c1-3-26(4-2)15-8-5-13(6-9-15)19-24-25-20(28-19)29-12-18(27)23-17-10-7-14(21)11-16(17)22/h5-11H,3-4,12H2,1-2H3,(H,23,27). The molecule has 1 N–H and O–H groups in total. The number of nitrogens with one attached hydrogen (secondary N) is 1. The molecular formula is C20H20BrClN4O2S. The van der Waals surface area contributed by atoms with Gasteiger partial charge >= 0.3 is 0 Å². The number of anilines is 2. The highest BCUT2D eigenvalue weighted by molar-refractivity contribution is 9.10. The molecule has 1 amide bonds. The number of aromatic nitrogens is 2. The van der Waals surface area contributed by atoms with E-state index in [1.165, 1.54) is 11.8 Å². The fraction of sp³-hybridized carbons (Fsp3) is 0.250. The summed E-state index contributed by atoms with van der Waals surface area (Å²) < 4.78 is 6.52. The molecular weight excluding hydrogens is 476 g/mol. The molecule has 2 aromatic carbocycles. The summed E-state index contributed by atoms with van der Waals surface area (Å²) in [7, 11) is 0. The van der Waals surface area contributed by atoms with Crippen LogP contribution in [0, 0.1) is 0 Å². The number of nitrogens with zero attached hydrogens (tertiary/aromatic N) is 3. The molecule has 0 bridgehead atoms. The van der Waals surface area contributed by atoms with Gasteiger partial charge < -0.3 is 14.6 Å². The number of carbonyl (C=O) groups is 1. The lowest BCUT2D eigenvalue weighted by Gasteiger charge is -2.20. The van der Waals surface area contributed by atoms with Crippen LogP contribution in [-0.2, 0) is 4.79 Å². The Labute approximate surface area is 187 Å². The lowest BCUT2D eigenvalue weighted by Crippen LogP contribution is -2.21. The third kappa shape index (κ3) is 5.74. The molecule has 3 rings (SSSR count). The van der Waals surface area contributed by atoms with Crippen LogP contribution in [-0.4, -0.2) is 34.9 Å². The minimum absolute atomic E-state index is 0.134. The van der Waals surface area contributed by atoms with E-state index in [0.717, 1.165) is 28.8 Å². The molecule has 152 valence electrons. The molecule has 0 unspecified atom stereocenters. The molecule has 0 saturated carbocycles. The van der Waals surface area contributed by atoms with Crippen LogP contribution in [0.4, 0.5) is 11.4 Å². The summed E-state index contributed by atoms with van der Waals surface area (Å²) in [5.74, 6) is 0.354. The van der Waals surface area contributed by atoms with Gasteiger partial charge in [0.05, 0.1) is 16.5 Å². The molecule has 0 saturated heterocycles. The predicted molar refractivity (Wildman–Crippen MR) is 122 cm³/mol. The molecule has 6 nitrogen and oxygen atoms in total. The summed E-state index contributed by atoms with van der Waals surface area (Å²) in [6, 6.07) is 13.3. The number of hydrogen-bond donors (Lipinski definition) is 1. The van der Waals surface area contributed by atoms with Crippen molar-refractivity contribution >= 4 is 56.6 Å². The molecule has 29 heavy (non-hydrogen) atoms. The van der Waals surface area contributed by atoms with E-state index in [0.29, 0.717) is 21.8 Å². The van der Waals surface area contributed by atoms with Gasteiger partial charge in [-0.25, -0.2) is 0 Å². The Bertz CT molecular complexity index is 977. The quantitative estimate of drug-likeness (QED) is 0.402. The number of amides is 1. The van der Waals surface area contributed by atoms with Gasteiger partial charge in [-0.3, -0.25) is 4.79 Å². The molecule has 9 heteroatoms. The monoisotopic (exact) mass is 494 g/mol. The number of hydrogen-bond acceptors (Lipinski definition) is 6. The van der Waals surface area contributed by atoms with Gasteiger partial charge in [-0.05, 0) is 56.3 Å². The Morgan fingerprint density at radius 3 is 2.55 bits per heavy atom. The molecule has 0 aliphatic rings. The number of carbonyl (C=O) groups excluding carboxylic acids is 1. The van der Waals surface area contributed by atoms with Crippen LogP contribution in [0.15, 0.2) is 56.6 Å². The molecule has 1 heterocycles. The van der Waals surface area contributed by atoms with E-state index >= 15 is 0 Å². The number of rotatable bonds is 8. The summed E-state index contributed by atoms with van der Waals surface area (Å²) in [6.45, 7) is 6.15.